The molecule has 1 saturated carbocycles. The fourth-order valence-electron chi connectivity index (χ4n) is 4.36. The number of benzene rings is 2. The molecule has 2 atom stereocenters. The van der Waals surface area contributed by atoms with E-state index in [-0.39, 0.29) is 6.61 Å². The summed E-state index contributed by atoms with van der Waals surface area (Å²) in [7, 11) is -4.17. The van der Waals surface area contributed by atoms with E-state index in [4.69, 9.17) is 14.3 Å². The molecule has 1 aliphatic carbocycles. The number of H-pyrrole nitrogens is 1. The standard InChI is InChI=1S/C23H24N6O4S/c24-34(31,32)33-13-23(11-5-10-18(23)30)29-22-19-21(25-14-26-22)28-20(27-19)17-9-4-8-16(12-17)15-6-2-1-3-7-15/h1-4,6-9,12,14,18,30H,5,10-11,13H2,(H2,24,31,32)(H2,25,26,27,28,29)/t18-,23-/m0/s1. The van der Waals surface area contributed by atoms with Crippen molar-refractivity contribution in [2.75, 3.05) is 11.9 Å². The maximum atomic E-state index is 11.4. The number of aromatic nitrogens is 4. The minimum atomic E-state index is -4.17. The summed E-state index contributed by atoms with van der Waals surface area (Å²) >= 11 is 0. The predicted octanol–water partition coefficient (Wildman–Crippen LogP) is 2.60. The summed E-state index contributed by atoms with van der Waals surface area (Å²) in [6.07, 6.45) is 2.19. The molecule has 0 unspecified atom stereocenters. The summed E-state index contributed by atoms with van der Waals surface area (Å²) in [6.45, 7) is -0.325. The number of nitrogens with zero attached hydrogens (tertiary/aromatic N) is 3. The molecule has 0 amide bonds. The van der Waals surface area contributed by atoms with Crippen molar-refractivity contribution < 1.29 is 17.7 Å². The first-order valence-electron chi connectivity index (χ1n) is 10.8. The van der Waals surface area contributed by atoms with Crippen LogP contribution in [0.15, 0.2) is 60.9 Å². The Kier molecular flexibility index (Phi) is 5.78. The third-order valence-corrected chi connectivity index (χ3v) is 6.56. The van der Waals surface area contributed by atoms with Gasteiger partial charge in [0.2, 0.25) is 0 Å². The van der Waals surface area contributed by atoms with Gasteiger partial charge in [-0.25, -0.2) is 20.1 Å². The molecule has 2 aromatic carbocycles. The molecular weight excluding hydrogens is 456 g/mol. The molecule has 0 aliphatic heterocycles. The molecule has 0 saturated heterocycles. The lowest BCUT2D eigenvalue weighted by molar-refractivity contribution is 0.0886. The highest BCUT2D eigenvalue weighted by molar-refractivity contribution is 7.84. The Morgan fingerprint density at radius 2 is 1.88 bits per heavy atom. The average molecular weight is 481 g/mol. The Bertz CT molecular complexity index is 1430. The number of aliphatic hydroxyl groups excluding tert-OH is 1. The normalized spacial score (nSPS) is 20.6. The Morgan fingerprint density at radius 1 is 1.12 bits per heavy atom. The molecule has 1 aliphatic rings. The van der Waals surface area contributed by atoms with Gasteiger partial charge in [-0.05, 0) is 36.5 Å². The van der Waals surface area contributed by atoms with Crippen molar-refractivity contribution in [1.82, 2.24) is 19.9 Å². The summed E-state index contributed by atoms with van der Waals surface area (Å²) in [5.41, 5.74) is 2.92. The Morgan fingerprint density at radius 3 is 2.62 bits per heavy atom. The minimum Gasteiger partial charge on any atom is -0.391 e. The summed E-state index contributed by atoms with van der Waals surface area (Å²) < 4.78 is 27.6. The van der Waals surface area contributed by atoms with Crippen LogP contribution >= 0.6 is 0 Å². The summed E-state index contributed by atoms with van der Waals surface area (Å²) in [5, 5.41) is 18.9. The lowest BCUT2D eigenvalue weighted by atomic mass is 9.96. The number of rotatable bonds is 7. The van der Waals surface area contributed by atoms with Crippen molar-refractivity contribution in [3.63, 3.8) is 0 Å². The molecule has 1 fully saturated rings. The summed E-state index contributed by atoms with van der Waals surface area (Å²) in [4.78, 5) is 16.5. The maximum absolute atomic E-state index is 11.4. The molecule has 4 aromatic rings. The molecule has 0 bridgehead atoms. The third kappa shape index (κ3) is 4.50. The van der Waals surface area contributed by atoms with Crippen molar-refractivity contribution in [2.24, 2.45) is 5.14 Å². The lowest BCUT2D eigenvalue weighted by Crippen LogP contribution is -2.50. The van der Waals surface area contributed by atoms with E-state index < -0.39 is 21.9 Å². The molecule has 5 N–H and O–H groups in total. The van der Waals surface area contributed by atoms with Crippen LogP contribution < -0.4 is 10.5 Å². The van der Waals surface area contributed by atoms with E-state index in [9.17, 15) is 13.5 Å². The number of anilines is 1. The quantitative estimate of drug-likeness (QED) is 0.314. The molecule has 2 aromatic heterocycles. The Hall–Kier alpha value is -3.38. The minimum absolute atomic E-state index is 0.325. The second kappa shape index (κ2) is 8.76. The monoisotopic (exact) mass is 480 g/mol. The van der Waals surface area contributed by atoms with E-state index in [0.717, 1.165) is 16.7 Å². The number of hydrogen-bond acceptors (Lipinski definition) is 8. The smallest absolute Gasteiger partial charge is 0.333 e. The number of fused-ring (bicyclic) bond motifs is 1. The lowest BCUT2D eigenvalue weighted by Gasteiger charge is -2.33. The second-order valence-corrected chi connectivity index (χ2v) is 9.62. The van der Waals surface area contributed by atoms with Crippen LogP contribution in [0, 0.1) is 0 Å². The topological polar surface area (TPSA) is 156 Å². The number of nitrogens with one attached hydrogen (secondary N) is 2. The first-order chi connectivity index (χ1) is 16.3. The third-order valence-electron chi connectivity index (χ3n) is 6.11. The van der Waals surface area contributed by atoms with Gasteiger partial charge in [0.25, 0.3) is 0 Å². The van der Waals surface area contributed by atoms with Crippen molar-refractivity contribution in [3.05, 3.63) is 60.9 Å². The van der Waals surface area contributed by atoms with Crippen LogP contribution in [0.2, 0.25) is 0 Å². The van der Waals surface area contributed by atoms with Crippen LogP contribution in [0.5, 0.6) is 0 Å². The Balaban J connectivity index is 1.50. The molecule has 176 valence electrons. The predicted molar refractivity (Wildman–Crippen MR) is 128 cm³/mol. The fraction of sp³-hybridized carbons (Fsp3) is 0.261. The van der Waals surface area contributed by atoms with Crippen molar-refractivity contribution in [3.8, 4) is 22.5 Å². The molecule has 10 nitrogen and oxygen atoms in total. The van der Waals surface area contributed by atoms with Gasteiger partial charge in [0.05, 0.1) is 18.2 Å². The summed E-state index contributed by atoms with van der Waals surface area (Å²) in [5.74, 6) is 0.976. The van der Waals surface area contributed by atoms with Gasteiger partial charge >= 0.3 is 10.3 Å². The van der Waals surface area contributed by atoms with Crippen LogP contribution in [0.25, 0.3) is 33.7 Å². The van der Waals surface area contributed by atoms with Gasteiger partial charge in [0, 0.05) is 5.56 Å². The zero-order valence-corrected chi connectivity index (χ0v) is 19.0. The fourth-order valence-corrected chi connectivity index (χ4v) is 4.73. The molecule has 11 heteroatoms. The van der Waals surface area contributed by atoms with Crippen LogP contribution in [-0.4, -0.2) is 51.7 Å². The highest BCUT2D eigenvalue weighted by Crippen LogP contribution is 2.35. The molecule has 5 rings (SSSR count). The SMILES string of the molecule is NS(=O)(=O)OC[C@@]1(Nc2ncnc3[nH]c(-c4cccc(-c5ccccc5)c4)nc23)CCC[C@@H]1O. The number of imidazole rings is 1. The second-order valence-electron chi connectivity index (χ2n) is 8.40. The van der Waals surface area contributed by atoms with E-state index in [2.05, 4.69) is 20.3 Å². The number of aromatic amines is 1. The van der Waals surface area contributed by atoms with Gasteiger partial charge in [-0.15, -0.1) is 0 Å². The number of aliphatic hydroxyl groups is 1. The van der Waals surface area contributed by atoms with Crippen molar-refractivity contribution >= 4 is 27.3 Å². The van der Waals surface area contributed by atoms with Gasteiger partial charge < -0.3 is 15.4 Å². The number of nitrogens with two attached hydrogens (primary N) is 1. The molecule has 0 spiro atoms. The van der Waals surface area contributed by atoms with Crippen molar-refractivity contribution in [1.29, 1.82) is 0 Å². The van der Waals surface area contributed by atoms with Gasteiger partial charge in [0.15, 0.2) is 17.0 Å². The van der Waals surface area contributed by atoms with Crippen LogP contribution in [0.3, 0.4) is 0 Å². The summed E-state index contributed by atoms with van der Waals surface area (Å²) in [6, 6.07) is 18.0. The van der Waals surface area contributed by atoms with Crippen LogP contribution in [0.4, 0.5) is 5.82 Å². The first-order valence-corrected chi connectivity index (χ1v) is 12.3. The van der Waals surface area contributed by atoms with Crippen LogP contribution in [-0.2, 0) is 14.5 Å². The van der Waals surface area contributed by atoms with Gasteiger partial charge in [0.1, 0.15) is 12.2 Å². The van der Waals surface area contributed by atoms with E-state index in [1.54, 1.807) is 0 Å². The molecule has 2 heterocycles. The molecule has 0 radical (unpaired) electrons. The number of hydrogen-bond donors (Lipinski definition) is 4. The van der Waals surface area contributed by atoms with Gasteiger partial charge in [-0.1, -0.05) is 48.5 Å². The van der Waals surface area contributed by atoms with E-state index in [1.165, 1.54) is 6.33 Å². The Labute approximate surface area is 196 Å². The largest absolute Gasteiger partial charge is 0.391 e. The van der Waals surface area contributed by atoms with E-state index >= 15 is 0 Å². The molecular formula is C23H24N6O4S. The maximum Gasteiger partial charge on any atom is 0.333 e. The van der Waals surface area contributed by atoms with Crippen LogP contribution in [0.1, 0.15) is 19.3 Å². The first kappa shape index (κ1) is 22.4. The van der Waals surface area contributed by atoms with Gasteiger partial charge in [-0.3, -0.25) is 4.18 Å². The van der Waals surface area contributed by atoms with Crippen molar-refractivity contribution in [2.45, 2.75) is 30.9 Å². The zero-order chi connectivity index (χ0) is 23.8. The highest BCUT2D eigenvalue weighted by Gasteiger charge is 2.44. The molecule has 34 heavy (non-hydrogen) atoms. The van der Waals surface area contributed by atoms with E-state index in [0.29, 0.717) is 42.1 Å². The zero-order valence-electron chi connectivity index (χ0n) is 18.2. The van der Waals surface area contributed by atoms with E-state index in [1.807, 2.05) is 54.6 Å². The highest BCUT2D eigenvalue weighted by atomic mass is 32.2. The van der Waals surface area contributed by atoms with Gasteiger partial charge in [-0.2, -0.15) is 8.42 Å². The average Bonchev–Trinajstić information content (AvgIpc) is 3.43.